The van der Waals surface area contributed by atoms with Crippen molar-refractivity contribution in [3.63, 3.8) is 0 Å². The van der Waals surface area contributed by atoms with Crippen molar-refractivity contribution in [2.75, 3.05) is 59.7 Å². The van der Waals surface area contributed by atoms with Gasteiger partial charge in [0.25, 0.3) is 0 Å². The van der Waals surface area contributed by atoms with E-state index in [1.165, 1.54) is 11.3 Å². The minimum atomic E-state index is 0.501. The predicted octanol–water partition coefficient (Wildman–Crippen LogP) is 2.09. The summed E-state index contributed by atoms with van der Waals surface area (Å²) in [5.41, 5.74) is 0. The normalized spacial score (nSPS) is 25.5. The van der Waals surface area contributed by atoms with E-state index >= 15 is 0 Å². The lowest BCUT2D eigenvalue weighted by Gasteiger charge is -2.36. The van der Waals surface area contributed by atoms with E-state index in [2.05, 4.69) is 34.4 Å². The highest BCUT2D eigenvalue weighted by molar-refractivity contribution is 7.10. The molecule has 3 heterocycles. The van der Waals surface area contributed by atoms with Crippen LogP contribution in [0.25, 0.3) is 0 Å². The smallest absolute Gasteiger partial charge is 0.0594 e. The highest BCUT2D eigenvalue weighted by Crippen LogP contribution is 2.27. The van der Waals surface area contributed by atoms with Crippen molar-refractivity contribution in [1.82, 2.24) is 9.80 Å². The summed E-state index contributed by atoms with van der Waals surface area (Å²) in [6, 6.07) is 4.94. The minimum Gasteiger partial charge on any atom is -0.381 e. The zero-order chi connectivity index (χ0) is 14.5. The van der Waals surface area contributed by atoms with Crippen molar-refractivity contribution in [1.29, 1.82) is 0 Å². The van der Waals surface area contributed by atoms with Crippen LogP contribution in [-0.4, -0.2) is 69.5 Å². The molecular weight excluding hydrogens is 284 g/mol. The molecule has 4 nitrogen and oxygen atoms in total. The average Bonchev–Trinajstić information content (AvgIpc) is 3.19. The molecule has 0 amide bonds. The predicted molar refractivity (Wildman–Crippen MR) is 85.9 cm³/mol. The molecule has 1 aromatic rings. The Hall–Kier alpha value is -0.460. The Morgan fingerprint density at radius 1 is 1.33 bits per heavy atom. The fourth-order valence-corrected chi connectivity index (χ4v) is 4.15. The maximum absolute atomic E-state index is 5.51. The molecule has 2 atom stereocenters. The molecule has 21 heavy (non-hydrogen) atoms. The van der Waals surface area contributed by atoms with Gasteiger partial charge >= 0.3 is 0 Å². The number of hydrogen-bond donors (Lipinski definition) is 0. The van der Waals surface area contributed by atoms with Gasteiger partial charge in [-0.1, -0.05) is 6.07 Å². The lowest BCUT2D eigenvalue weighted by molar-refractivity contribution is 0.00915. The van der Waals surface area contributed by atoms with E-state index in [0.29, 0.717) is 12.0 Å². The summed E-state index contributed by atoms with van der Waals surface area (Å²) in [7, 11) is 2.25. The zero-order valence-corrected chi connectivity index (χ0v) is 13.7. The number of nitrogens with zero attached hydrogens (tertiary/aromatic N) is 2. The molecule has 0 N–H and O–H groups in total. The van der Waals surface area contributed by atoms with E-state index in [-0.39, 0.29) is 0 Å². The van der Waals surface area contributed by atoms with E-state index in [0.717, 1.165) is 52.6 Å². The number of rotatable bonds is 6. The molecule has 0 aliphatic carbocycles. The van der Waals surface area contributed by atoms with Gasteiger partial charge in [-0.05, 0) is 30.8 Å². The van der Waals surface area contributed by atoms with Crippen LogP contribution in [0.2, 0.25) is 0 Å². The third kappa shape index (κ3) is 4.27. The van der Waals surface area contributed by atoms with E-state index in [1.54, 1.807) is 0 Å². The fourth-order valence-electron chi connectivity index (χ4n) is 3.29. The van der Waals surface area contributed by atoms with Gasteiger partial charge in [0.2, 0.25) is 0 Å². The third-order valence-corrected chi connectivity index (χ3v) is 5.41. The molecule has 0 aromatic carbocycles. The van der Waals surface area contributed by atoms with E-state index in [1.807, 2.05) is 11.3 Å². The molecule has 2 aliphatic heterocycles. The van der Waals surface area contributed by atoms with Crippen LogP contribution >= 0.6 is 11.3 Å². The van der Waals surface area contributed by atoms with Crippen LogP contribution < -0.4 is 0 Å². The van der Waals surface area contributed by atoms with Crippen molar-refractivity contribution in [2.24, 2.45) is 5.92 Å². The highest BCUT2D eigenvalue weighted by atomic mass is 32.1. The molecule has 1 aromatic heterocycles. The highest BCUT2D eigenvalue weighted by Gasteiger charge is 2.26. The maximum Gasteiger partial charge on any atom is 0.0594 e. The maximum atomic E-state index is 5.51. The van der Waals surface area contributed by atoms with Crippen LogP contribution in [0.4, 0.5) is 0 Å². The molecule has 0 spiro atoms. The van der Waals surface area contributed by atoms with Gasteiger partial charge in [0, 0.05) is 37.7 Å². The second kappa shape index (κ2) is 7.70. The summed E-state index contributed by atoms with van der Waals surface area (Å²) in [4.78, 5) is 6.54. The van der Waals surface area contributed by atoms with Gasteiger partial charge in [0.15, 0.2) is 0 Å². The van der Waals surface area contributed by atoms with E-state index < -0.39 is 0 Å². The van der Waals surface area contributed by atoms with Crippen molar-refractivity contribution in [3.05, 3.63) is 22.4 Å². The first-order chi connectivity index (χ1) is 10.3. The standard InChI is InChI=1S/C16H26N2O2S/c1-17(11-14-4-7-20-13-14)12-15(16-3-2-10-21-16)18-5-8-19-9-6-18/h2-3,10,14-15H,4-9,11-13H2,1H3/t14-,15-/m1/s1. The number of morpholine rings is 1. The van der Waals surface area contributed by atoms with Crippen molar-refractivity contribution >= 4 is 11.3 Å². The average molecular weight is 310 g/mol. The number of thiophene rings is 1. The van der Waals surface area contributed by atoms with Crippen LogP contribution in [0.5, 0.6) is 0 Å². The van der Waals surface area contributed by atoms with Crippen LogP contribution in [0.1, 0.15) is 17.3 Å². The summed E-state index contributed by atoms with van der Waals surface area (Å²) in [6.07, 6.45) is 1.21. The van der Waals surface area contributed by atoms with Crippen LogP contribution in [-0.2, 0) is 9.47 Å². The van der Waals surface area contributed by atoms with Crippen molar-refractivity contribution in [2.45, 2.75) is 12.5 Å². The Kier molecular flexibility index (Phi) is 5.66. The minimum absolute atomic E-state index is 0.501. The van der Waals surface area contributed by atoms with Crippen LogP contribution in [0, 0.1) is 5.92 Å². The van der Waals surface area contributed by atoms with E-state index in [9.17, 15) is 0 Å². The van der Waals surface area contributed by atoms with Gasteiger partial charge in [0.1, 0.15) is 0 Å². The van der Waals surface area contributed by atoms with Crippen LogP contribution in [0.3, 0.4) is 0 Å². The Labute approximate surface area is 131 Å². The zero-order valence-electron chi connectivity index (χ0n) is 12.9. The van der Waals surface area contributed by atoms with Gasteiger partial charge in [-0.3, -0.25) is 4.90 Å². The Morgan fingerprint density at radius 2 is 2.19 bits per heavy atom. The second-order valence-corrected chi connectivity index (χ2v) is 7.11. The number of ether oxygens (including phenoxy) is 2. The van der Waals surface area contributed by atoms with Gasteiger partial charge in [-0.2, -0.15) is 0 Å². The molecule has 0 saturated carbocycles. The molecule has 0 unspecified atom stereocenters. The molecule has 0 radical (unpaired) electrons. The van der Waals surface area contributed by atoms with Gasteiger partial charge < -0.3 is 14.4 Å². The molecular formula is C16H26N2O2S. The van der Waals surface area contributed by atoms with E-state index in [4.69, 9.17) is 9.47 Å². The molecule has 5 heteroatoms. The second-order valence-electron chi connectivity index (χ2n) is 6.13. The van der Waals surface area contributed by atoms with Crippen molar-refractivity contribution < 1.29 is 9.47 Å². The summed E-state index contributed by atoms with van der Waals surface area (Å²) in [6.45, 7) is 7.93. The molecule has 0 bridgehead atoms. The first-order valence-corrected chi connectivity index (χ1v) is 8.82. The largest absolute Gasteiger partial charge is 0.381 e. The Morgan fingerprint density at radius 3 is 2.86 bits per heavy atom. The Bertz CT molecular complexity index is 400. The van der Waals surface area contributed by atoms with Gasteiger partial charge in [-0.15, -0.1) is 11.3 Å². The topological polar surface area (TPSA) is 24.9 Å². The summed E-state index contributed by atoms with van der Waals surface area (Å²) >= 11 is 1.88. The molecule has 2 aliphatic rings. The molecule has 2 saturated heterocycles. The molecule has 118 valence electrons. The first kappa shape index (κ1) is 15.4. The lowest BCUT2D eigenvalue weighted by atomic mass is 10.1. The monoisotopic (exact) mass is 310 g/mol. The van der Waals surface area contributed by atoms with Gasteiger partial charge in [0.05, 0.1) is 25.9 Å². The van der Waals surface area contributed by atoms with Crippen LogP contribution in [0.15, 0.2) is 17.5 Å². The number of hydrogen-bond acceptors (Lipinski definition) is 5. The first-order valence-electron chi connectivity index (χ1n) is 7.94. The number of likely N-dealkylation sites (N-methyl/N-ethyl adjacent to an activating group) is 1. The van der Waals surface area contributed by atoms with Crippen molar-refractivity contribution in [3.8, 4) is 0 Å². The summed E-state index contributed by atoms with van der Waals surface area (Å²) in [5.74, 6) is 0.712. The SMILES string of the molecule is CN(C[C@H]1CCOC1)C[C@H](c1cccs1)N1CCOCC1. The summed E-state index contributed by atoms with van der Waals surface area (Å²) < 4.78 is 11.0. The van der Waals surface area contributed by atoms with Gasteiger partial charge in [-0.25, -0.2) is 0 Å². The lowest BCUT2D eigenvalue weighted by Crippen LogP contribution is -2.43. The molecule has 2 fully saturated rings. The third-order valence-electron chi connectivity index (χ3n) is 4.44. The quantitative estimate of drug-likeness (QED) is 0.803. The Balaban J connectivity index is 1.61. The summed E-state index contributed by atoms with van der Waals surface area (Å²) in [5, 5.41) is 2.19. The molecule has 3 rings (SSSR count). The fraction of sp³-hybridized carbons (Fsp3) is 0.750.